The molecular weight excluding hydrogens is 432 g/mol. The number of aromatic carboxylic acids is 1. The number of aromatic nitrogens is 3. The summed E-state index contributed by atoms with van der Waals surface area (Å²) in [4.78, 5) is 21.7. The number of H-pyrrole nitrogens is 2. The predicted molar refractivity (Wildman–Crippen MR) is 106 cm³/mol. The van der Waals surface area contributed by atoms with Crippen LogP contribution in [-0.4, -0.2) is 47.4 Å². The third kappa shape index (κ3) is 3.50. The first-order valence-corrected chi connectivity index (χ1v) is 8.97. The van der Waals surface area contributed by atoms with Gasteiger partial charge in [-0.25, -0.2) is 9.78 Å². The second-order valence-electron chi connectivity index (χ2n) is 5.65. The number of imidazole rings is 1. The Hall–Kier alpha value is -3.14. The van der Waals surface area contributed by atoms with Crippen molar-refractivity contribution in [2.24, 2.45) is 0 Å². The number of aromatic amines is 2. The van der Waals surface area contributed by atoms with E-state index in [1.807, 2.05) is 0 Å². The highest BCUT2D eigenvalue weighted by Crippen LogP contribution is 2.47. The average Bonchev–Trinajstić information content (AvgIpc) is 3.32. The van der Waals surface area contributed by atoms with Crippen LogP contribution in [0.4, 0.5) is 5.95 Å². The van der Waals surface area contributed by atoms with E-state index in [1.54, 1.807) is 24.5 Å². The Morgan fingerprint density at radius 3 is 2.54 bits per heavy atom. The van der Waals surface area contributed by atoms with Crippen LogP contribution in [0.25, 0.3) is 11.1 Å². The molecule has 0 atom stereocenters. The number of anilines is 1. The maximum absolute atomic E-state index is 11.7. The molecule has 28 heavy (non-hydrogen) atoms. The number of carbonyl (C=O) groups is 1. The first-order chi connectivity index (χ1) is 13.5. The van der Waals surface area contributed by atoms with Crippen LogP contribution in [0.3, 0.4) is 0 Å². The van der Waals surface area contributed by atoms with Gasteiger partial charge >= 0.3 is 5.97 Å². The number of carboxylic acid groups (broad SMARTS) is 1. The highest BCUT2D eigenvalue weighted by molar-refractivity contribution is 9.10. The summed E-state index contributed by atoms with van der Waals surface area (Å²) < 4.78 is 16.8. The van der Waals surface area contributed by atoms with Gasteiger partial charge in [-0.3, -0.25) is 0 Å². The monoisotopic (exact) mass is 450 g/mol. The molecule has 9 nitrogen and oxygen atoms in total. The molecule has 3 aromatic rings. The minimum Gasteiger partial charge on any atom is -0.493 e. The lowest BCUT2D eigenvalue weighted by Gasteiger charge is -2.16. The van der Waals surface area contributed by atoms with Gasteiger partial charge in [0.05, 0.1) is 32.3 Å². The Morgan fingerprint density at radius 2 is 1.96 bits per heavy atom. The molecule has 0 aliphatic carbocycles. The van der Waals surface area contributed by atoms with Gasteiger partial charge in [0.25, 0.3) is 0 Å². The maximum atomic E-state index is 11.7. The highest BCUT2D eigenvalue weighted by atomic mass is 79.9. The Kier molecular flexibility index (Phi) is 5.78. The fourth-order valence-electron chi connectivity index (χ4n) is 2.92. The zero-order chi connectivity index (χ0) is 20.3. The molecular formula is C18H19BrN4O5. The number of carboxylic acids is 1. The lowest BCUT2D eigenvalue weighted by atomic mass is 10.0. The molecule has 0 fully saturated rings. The quantitative estimate of drug-likeness (QED) is 0.414. The number of nitrogens with one attached hydrogen (secondary N) is 3. The van der Waals surface area contributed by atoms with Crippen molar-refractivity contribution in [3.8, 4) is 28.4 Å². The number of hydrogen-bond donors (Lipinski definition) is 4. The number of rotatable bonds is 8. The first kappa shape index (κ1) is 19.6. The summed E-state index contributed by atoms with van der Waals surface area (Å²) in [6, 6.07) is 3.52. The lowest BCUT2D eigenvalue weighted by Crippen LogP contribution is -2.04. The van der Waals surface area contributed by atoms with Gasteiger partial charge in [0.15, 0.2) is 17.4 Å². The van der Waals surface area contributed by atoms with Gasteiger partial charge in [-0.2, -0.15) is 0 Å². The molecule has 10 heteroatoms. The lowest BCUT2D eigenvalue weighted by molar-refractivity contribution is 0.0690. The van der Waals surface area contributed by atoms with Crippen LogP contribution < -0.4 is 19.5 Å². The Bertz CT molecular complexity index is 985. The van der Waals surface area contributed by atoms with Crippen LogP contribution in [0.15, 0.2) is 29.0 Å². The van der Waals surface area contributed by atoms with Crippen molar-refractivity contribution in [2.75, 3.05) is 26.6 Å². The van der Waals surface area contributed by atoms with Crippen LogP contribution in [0.2, 0.25) is 0 Å². The molecule has 0 aliphatic heterocycles. The van der Waals surface area contributed by atoms with Gasteiger partial charge in [-0.1, -0.05) is 0 Å². The van der Waals surface area contributed by atoms with E-state index in [1.165, 1.54) is 21.3 Å². The van der Waals surface area contributed by atoms with Crippen LogP contribution in [0, 0.1) is 0 Å². The third-order valence-corrected chi connectivity index (χ3v) is 4.93. The third-order valence-electron chi connectivity index (χ3n) is 4.13. The molecule has 4 N–H and O–H groups in total. The van der Waals surface area contributed by atoms with E-state index in [2.05, 4.69) is 36.2 Å². The molecule has 0 radical (unpaired) electrons. The number of hydrogen-bond acceptors (Lipinski definition) is 6. The van der Waals surface area contributed by atoms with Gasteiger partial charge in [0.1, 0.15) is 5.69 Å². The molecule has 2 aromatic heterocycles. The largest absolute Gasteiger partial charge is 0.493 e. The van der Waals surface area contributed by atoms with Crippen LogP contribution in [0.5, 0.6) is 17.2 Å². The predicted octanol–water partition coefficient (Wildman–Crippen LogP) is 3.50. The Morgan fingerprint density at radius 1 is 1.21 bits per heavy atom. The van der Waals surface area contributed by atoms with E-state index >= 15 is 0 Å². The van der Waals surface area contributed by atoms with Crippen LogP contribution in [0.1, 0.15) is 16.2 Å². The van der Waals surface area contributed by atoms with E-state index < -0.39 is 5.97 Å². The molecule has 0 unspecified atom stereocenters. The molecule has 0 aliphatic rings. The van der Waals surface area contributed by atoms with E-state index in [9.17, 15) is 9.90 Å². The summed E-state index contributed by atoms with van der Waals surface area (Å²) in [7, 11) is 4.56. The fourth-order valence-corrected chi connectivity index (χ4v) is 3.64. The summed E-state index contributed by atoms with van der Waals surface area (Å²) >= 11 is 3.41. The fraction of sp³-hybridized carbons (Fsp3) is 0.222. The SMILES string of the molecule is COc1ccc(-c2c(CNc3ncc[nH]3)[nH]c(C(=O)O)c2Br)c(OC)c1OC. The normalized spacial score (nSPS) is 10.6. The minimum atomic E-state index is -1.09. The molecule has 2 heterocycles. The van der Waals surface area contributed by atoms with E-state index in [0.717, 1.165) is 0 Å². The molecule has 0 bridgehead atoms. The molecule has 3 rings (SSSR count). The average molecular weight is 451 g/mol. The van der Waals surface area contributed by atoms with Crippen molar-refractivity contribution in [2.45, 2.75) is 6.54 Å². The van der Waals surface area contributed by atoms with Crippen molar-refractivity contribution in [1.82, 2.24) is 15.0 Å². The summed E-state index contributed by atoms with van der Waals surface area (Å²) in [5.41, 5.74) is 1.94. The van der Waals surface area contributed by atoms with Crippen molar-refractivity contribution in [3.05, 3.63) is 40.4 Å². The number of methoxy groups -OCH3 is 3. The Labute approximate surface area is 169 Å². The van der Waals surface area contributed by atoms with Crippen molar-refractivity contribution >= 4 is 27.8 Å². The van der Waals surface area contributed by atoms with Crippen molar-refractivity contribution in [1.29, 1.82) is 0 Å². The zero-order valence-corrected chi connectivity index (χ0v) is 17.0. The van der Waals surface area contributed by atoms with Crippen molar-refractivity contribution < 1.29 is 24.1 Å². The van der Waals surface area contributed by atoms with Gasteiger partial charge in [0, 0.05) is 29.2 Å². The number of halogens is 1. The standard InChI is InChI=1S/C18H19BrN4O5/c1-26-11-5-4-9(15(27-2)16(11)28-3)12-10(8-22-18-20-6-7-21-18)23-14(13(12)19)17(24)25/h4-7,23H,8H2,1-3H3,(H,24,25)(H2,20,21,22). The van der Waals surface area contributed by atoms with Gasteiger partial charge < -0.3 is 34.6 Å². The van der Waals surface area contributed by atoms with Gasteiger partial charge in [0.2, 0.25) is 5.75 Å². The summed E-state index contributed by atoms with van der Waals surface area (Å²) in [5.74, 6) is 0.822. The molecule has 1 aromatic carbocycles. The molecule has 148 valence electrons. The number of nitrogens with zero attached hydrogens (tertiary/aromatic N) is 1. The van der Waals surface area contributed by atoms with Crippen LogP contribution >= 0.6 is 15.9 Å². The number of ether oxygens (including phenoxy) is 3. The van der Waals surface area contributed by atoms with E-state index in [4.69, 9.17) is 14.2 Å². The topological polar surface area (TPSA) is 121 Å². The van der Waals surface area contributed by atoms with E-state index in [0.29, 0.717) is 51.0 Å². The second-order valence-corrected chi connectivity index (χ2v) is 6.44. The molecule has 0 spiro atoms. The zero-order valence-electron chi connectivity index (χ0n) is 15.4. The molecule has 0 saturated heterocycles. The Balaban J connectivity index is 2.16. The van der Waals surface area contributed by atoms with Gasteiger partial charge in [-0.15, -0.1) is 0 Å². The summed E-state index contributed by atoms with van der Waals surface area (Å²) in [6.45, 7) is 0.298. The molecule has 0 saturated carbocycles. The van der Waals surface area contributed by atoms with Crippen molar-refractivity contribution in [3.63, 3.8) is 0 Å². The first-order valence-electron chi connectivity index (χ1n) is 8.18. The highest BCUT2D eigenvalue weighted by Gasteiger charge is 2.26. The van der Waals surface area contributed by atoms with E-state index in [-0.39, 0.29) is 5.69 Å². The summed E-state index contributed by atoms with van der Waals surface area (Å²) in [6.07, 6.45) is 3.31. The van der Waals surface area contributed by atoms with Gasteiger partial charge in [-0.05, 0) is 28.1 Å². The van der Waals surface area contributed by atoms with Crippen LogP contribution in [-0.2, 0) is 6.54 Å². The summed E-state index contributed by atoms with van der Waals surface area (Å²) in [5, 5.41) is 12.6. The number of benzene rings is 1. The maximum Gasteiger partial charge on any atom is 0.353 e. The minimum absolute atomic E-state index is 0.0306. The smallest absolute Gasteiger partial charge is 0.353 e. The second kappa shape index (κ2) is 8.26. The molecule has 0 amide bonds.